The fourth-order valence-corrected chi connectivity index (χ4v) is 7.10. The molecule has 2 atom stereocenters. The van der Waals surface area contributed by atoms with Gasteiger partial charge in [-0.3, -0.25) is 9.80 Å². The largest absolute Gasteiger partial charge is 0.619 e. The molecular formula is C37H34Cl2F3N3O7. The number of fused-ring (bicyclic) bond motifs is 3. The summed E-state index contributed by atoms with van der Waals surface area (Å²) in [6, 6.07) is 16.2. The maximum atomic E-state index is 15.0. The minimum Gasteiger partial charge on any atom is -0.619 e. The van der Waals surface area contributed by atoms with Crippen molar-refractivity contribution in [3.05, 3.63) is 122 Å². The van der Waals surface area contributed by atoms with Crippen LogP contribution in [0.25, 0.3) is 0 Å². The summed E-state index contributed by atoms with van der Waals surface area (Å²) in [5.41, 5.74) is 1.40. The van der Waals surface area contributed by atoms with Gasteiger partial charge in [-0.25, -0.2) is 14.0 Å². The summed E-state index contributed by atoms with van der Waals surface area (Å²) in [4.78, 5) is 30.6. The first kappa shape index (κ1) is 37.1. The maximum Gasteiger partial charge on any atom is 0.415 e. The lowest BCUT2D eigenvalue weighted by atomic mass is 9.86. The van der Waals surface area contributed by atoms with Gasteiger partial charge < -0.3 is 24.2 Å². The van der Waals surface area contributed by atoms with Gasteiger partial charge in [0.2, 0.25) is 0 Å². The zero-order chi connectivity index (χ0) is 36.9. The van der Waals surface area contributed by atoms with Crippen molar-refractivity contribution >= 4 is 41.0 Å². The molecule has 4 heterocycles. The lowest BCUT2D eigenvalue weighted by Gasteiger charge is -2.44. The number of pyridine rings is 1. The number of ether oxygens (including phenoxy) is 4. The highest BCUT2D eigenvalue weighted by Crippen LogP contribution is 2.36. The molecule has 1 aromatic heterocycles. The van der Waals surface area contributed by atoms with Gasteiger partial charge in [-0.05, 0) is 79.4 Å². The number of benzene rings is 3. The van der Waals surface area contributed by atoms with Gasteiger partial charge in [-0.2, -0.15) is 13.5 Å². The molecule has 15 heteroatoms. The molecule has 4 aromatic rings. The van der Waals surface area contributed by atoms with Crippen molar-refractivity contribution in [1.82, 2.24) is 4.90 Å². The van der Waals surface area contributed by atoms with E-state index in [1.54, 1.807) is 18.2 Å². The quantitative estimate of drug-likeness (QED) is 0.0821. The normalized spacial score (nSPS) is 18.5. The predicted octanol–water partition coefficient (Wildman–Crippen LogP) is 7.75. The van der Waals surface area contributed by atoms with Crippen molar-refractivity contribution in [2.75, 3.05) is 31.6 Å². The third-order valence-electron chi connectivity index (χ3n) is 9.21. The summed E-state index contributed by atoms with van der Waals surface area (Å²) in [5, 5.41) is 11.9. The number of anilines is 1. The molecule has 7 rings (SSSR count). The summed E-state index contributed by atoms with van der Waals surface area (Å²) in [6.07, 6.45) is 1.93. The monoisotopic (exact) mass is 759 g/mol. The number of carbonyl (C=O) groups excluding carboxylic acids is 2. The van der Waals surface area contributed by atoms with Crippen molar-refractivity contribution < 1.29 is 46.4 Å². The second-order valence-corrected chi connectivity index (χ2v) is 13.3. The SMILES string of the molecule is COc1cc([C@H](Cc2c(Cl)c[n+]([O-])cc2Cl)OC(=O)c2ccc(CN(C(=O)O[C@H]3CN4CCC3CC4)c3ccccc3F)cc2)ccc1OC(F)F. The average Bonchev–Trinajstić information content (AvgIpc) is 3.12. The number of para-hydroxylation sites is 1. The molecule has 274 valence electrons. The fourth-order valence-electron chi connectivity index (χ4n) is 6.50. The number of aromatic nitrogens is 1. The van der Waals surface area contributed by atoms with Crippen LogP contribution in [0.4, 0.5) is 23.7 Å². The molecule has 0 radical (unpaired) electrons. The Labute approximate surface area is 307 Å². The van der Waals surface area contributed by atoms with Crippen LogP contribution < -0.4 is 19.1 Å². The standard InChI is InChI=1S/C37H34Cl2F3N3O7/c1-49-33-16-25(10-11-31(33)51-36(41)42)32(17-26-27(38)19-44(48)20-28(26)39)50-35(46)24-8-6-22(7-9-24)18-45(30-5-3-2-4-29(30)40)37(47)52-34-21-43-14-12-23(34)13-15-43/h2-11,16,19-20,23,32,34,36H,12-15,17-18,21H2,1H3/t32-,34-/m0/s1. The lowest BCUT2D eigenvalue weighted by Crippen LogP contribution is -2.53. The summed E-state index contributed by atoms with van der Waals surface area (Å²) < 4.78 is 63.0. The molecule has 0 unspecified atom stereocenters. The molecule has 3 aliphatic heterocycles. The van der Waals surface area contributed by atoms with E-state index >= 15 is 4.39 Å². The van der Waals surface area contributed by atoms with Crippen LogP contribution >= 0.6 is 23.2 Å². The van der Waals surface area contributed by atoms with Gasteiger partial charge in [-0.1, -0.05) is 53.5 Å². The number of hydrogen-bond acceptors (Lipinski definition) is 8. The molecular weight excluding hydrogens is 726 g/mol. The first-order chi connectivity index (χ1) is 25.0. The number of nitrogens with zero attached hydrogens (tertiary/aromatic N) is 3. The van der Waals surface area contributed by atoms with Crippen LogP contribution in [-0.2, 0) is 22.4 Å². The van der Waals surface area contributed by atoms with Crippen LogP contribution in [0.1, 0.15) is 46.0 Å². The third-order valence-corrected chi connectivity index (χ3v) is 9.87. The fraction of sp³-hybridized carbons (Fsp3) is 0.324. The van der Waals surface area contributed by atoms with Crippen LogP contribution in [0.15, 0.2) is 79.1 Å². The van der Waals surface area contributed by atoms with Crippen LogP contribution in [0.5, 0.6) is 11.5 Å². The zero-order valence-corrected chi connectivity index (χ0v) is 29.4. The highest BCUT2D eigenvalue weighted by molar-refractivity contribution is 6.35. The van der Waals surface area contributed by atoms with Gasteiger partial charge in [0.1, 0.15) is 28.1 Å². The van der Waals surface area contributed by atoms with E-state index in [1.165, 1.54) is 60.5 Å². The van der Waals surface area contributed by atoms with E-state index in [4.69, 9.17) is 37.4 Å². The minimum absolute atomic E-state index is 0.0176. The molecule has 3 saturated heterocycles. The van der Waals surface area contributed by atoms with Crippen LogP contribution in [0.2, 0.25) is 10.0 Å². The number of halogens is 5. The molecule has 1 amide bonds. The number of amides is 1. The number of piperidine rings is 3. The first-order valence-corrected chi connectivity index (χ1v) is 17.2. The molecule has 10 nitrogen and oxygen atoms in total. The highest BCUT2D eigenvalue weighted by Gasteiger charge is 2.38. The Hall–Kier alpha value is -4.72. The van der Waals surface area contributed by atoms with E-state index in [1.807, 2.05) is 0 Å². The third kappa shape index (κ3) is 8.66. The Morgan fingerprint density at radius 2 is 1.69 bits per heavy atom. The number of carbonyl (C=O) groups is 2. The van der Waals surface area contributed by atoms with Gasteiger partial charge in [0, 0.05) is 18.5 Å². The number of hydrogen-bond donors (Lipinski definition) is 0. The molecule has 52 heavy (non-hydrogen) atoms. The van der Waals surface area contributed by atoms with E-state index in [9.17, 15) is 23.6 Å². The second kappa shape index (κ2) is 16.3. The number of esters is 1. The van der Waals surface area contributed by atoms with Gasteiger partial charge in [-0.15, -0.1) is 0 Å². The van der Waals surface area contributed by atoms with Gasteiger partial charge in [0.05, 0.1) is 24.9 Å². The first-order valence-electron chi connectivity index (χ1n) is 16.4. The molecule has 0 N–H and O–H groups in total. The van der Waals surface area contributed by atoms with Crippen LogP contribution in [0, 0.1) is 16.9 Å². The van der Waals surface area contributed by atoms with E-state index < -0.39 is 30.6 Å². The van der Waals surface area contributed by atoms with Crippen molar-refractivity contribution in [2.24, 2.45) is 5.92 Å². The average molecular weight is 761 g/mol. The zero-order valence-electron chi connectivity index (χ0n) is 27.9. The molecule has 3 fully saturated rings. The molecule has 0 spiro atoms. The van der Waals surface area contributed by atoms with Crippen LogP contribution in [0.3, 0.4) is 0 Å². The van der Waals surface area contributed by atoms with Crippen molar-refractivity contribution in [3.63, 3.8) is 0 Å². The predicted molar refractivity (Wildman–Crippen MR) is 185 cm³/mol. The summed E-state index contributed by atoms with van der Waals surface area (Å²) in [5.74, 6) is -1.38. The lowest BCUT2D eigenvalue weighted by molar-refractivity contribution is -0.605. The van der Waals surface area contributed by atoms with Gasteiger partial charge in [0.25, 0.3) is 0 Å². The van der Waals surface area contributed by atoms with Gasteiger partial charge in [0.15, 0.2) is 23.9 Å². The van der Waals surface area contributed by atoms with E-state index in [0.29, 0.717) is 28.0 Å². The smallest absolute Gasteiger partial charge is 0.415 e. The van der Waals surface area contributed by atoms with Crippen LogP contribution in [-0.4, -0.2) is 56.4 Å². The molecule has 3 aromatic carbocycles. The molecule has 0 saturated carbocycles. The topological polar surface area (TPSA) is 104 Å². The Morgan fingerprint density at radius 3 is 2.31 bits per heavy atom. The van der Waals surface area contributed by atoms with Gasteiger partial charge >= 0.3 is 18.7 Å². The number of methoxy groups -OCH3 is 1. The van der Waals surface area contributed by atoms with E-state index in [2.05, 4.69) is 9.64 Å². The summed E-state index contributed by atoms with van der Waals surface area (Å²) in [7, 11) is 1.27. The Morgan fingerprint density at radius 1 is 1.00 bits per heavy atom. The summed E-state index contributed by atoms with van der Waals surface area (Å²) >= 11 is 12.7. The molecule has 0 aliphatic carbocycles. The van der Waals surface area contributed by atoms with Crippen molar-refractivity contribution in [2.45, 2.75) is 44.6 Å². The summed E-state index contributed by atoms with van der Waals surface area (Å²) in [6.45, 7) is -0.571. The molecule has 2 bridgehead atoms. The highest BCUT2D eigenvalue weighted by atomic mass is 35.5. The van der Waals surface area contributed by atoms with E-state index in [-0.39, 0.29) is 57.8 Å². The number of alkyl halides is 2. The number of rotatable bonds is 12. The maximum absolute atomic E-state index is 15.0. The second-order valence-electron chi connectivity index (χ2n) is 12.5. The Kier molecular flexibility index (Phi) is 11.6. The van der Waals surface area contributed by atoms with Crippen molar-refractivity contribution in [3.8, 4) is 11.5 Å². The Bertz CT molecular complexity index is 1890. The molecule has 3 aliphatic rings. The minimum atomic E-state index is -3.10. The Balaban J connectivity index is 1.22. The van der Waals surface area contributed by atoms with E-state index in [0.717, 1.165) is 38.3 Å². The van der Waals surface area contributed by atoms with Crippen molar-refractivity contribution in [1.29, 1.82) is 0 Å².